The third kappa shape index (κ3) is 3.61. The second-order valence-corrected chi connectivity index (χ2v) is 4.81. The standard InChI is InChI=1S/C16H21NO2/c1-12(11-14-7-6-10-19-14)17-13(2)15-8-4-5-9-16(15)18-3/h4-10,12-13,17H,11H2,1-3H3/t12?,13-/m0/s1. The molecular weight excluding hydrogens is 238 g/mol. The first-order chi connectivity index (χ1) is 9.20. The lowest BCUT2D eigenvalue weighted by atomic mass is 10.1. The number of nitrogens with one attached hydrogen (secondary N) is 1. The molecule has 3 heteroatoms. The molecule has 0 amide bonds. The van der Waals surface area contributed by atoms with E-state index in [1.165, 1.54) is 5.56 Å². The molecule has 1 aromatic heterocycles. The Labute approximate surface area is 114 Å². The van der Waals surface area contributed by atoms with E-state index >= 15 is 0 Å². The average molecular weight is 259 g/mol. The third-order valence-electron chi connectivity index (χ3n) is 3.23. The second-order valence-electron chi connectivity index (χ2n) is 4.81. The van der Waals surface area contributed by atoms with Crippen LogP contribution in [0, 0.1) is 0 Å². The van der Waals surface area contributed by atoms with Crippen LogP contribution in [0.5, 0.6) is 5.75 Å². The minimum Gasteiger partial charge on any atom is -0.496 e. The maximum atomic E-state index is 5.40. The molecule has 1 aromatic carbocycles. The van der Waals surface area contributed by atoms with Crippen LogP contribution in [0.2, 0.25) is 0 Å². The largest absolute Gasteiger partial charge is 0.496 e. The highest BCUT2D eigenvalue weighted by molar-refractivity contribution is 5.35. The Morgan fingerprint density at radius 2 is 1.95 bits per heavy atom. The summed E-state index contributed by atoms with van der Waals surface area (Å²) in [5, 5.41) is 3.57. The number of furan rings is 1. The number of methoxy groups -OCH3 is 1. The molecule has 2 rings (SSSR count). The van der Waals surface area contributed by atoms with Crippen LogP contribution in [-0.4, -0.2) is 13.2 Å². The Hall–Kier alpha value is -1.74. The van der Waals surface area contributed by atoms with Crippen LogP contribution in [0.3, 0.4) is 0 Å². The fourth-order valence-electron chi connectivity index (χ4n) is 2.33. The maximum Gasteiger partial charge on any atom is 0.123 e. The minimum atomic E-state index is 0.237. The monoisotopic (exact) mass is 259 g/mol. The van der Waals surface area contributed by atoms with Crippen LogP contribution < -0.4 is 10.1 Å². The van der Waals surface area contributed by atoms with E-state index in [0.717, 1.165) is 17.9 Å². The summed E-state index contributed by atoms with van der Waals surface area (Å²) >= 11 is 0. The molecule has 0 aliphatic rings. The number of para-hydroxylation sites is 1. The predicted octanol–water partition coefficient (Wildman–Crippen LogP) is 3.57. The molecule has 0 fully saturated rings. The Morgan fingerprint density at radius 1 is 1.16 bits per heavy atom. The highest BCUT2D eigenvalue weighted by Crippen LogP contribution is 2.24. The van der Waals surface area contributed by atoms with Crippen molar-refractivity contribution < 1.29 is 9.15 Å². The van der Waals surface area contributed by atoms with Crippen molar-refractivity contribution in [2.75, 3.05) is 7.11 Å². The summed E-state index contributed by atoms with van der Waals surface area (Å²) in [5.41, 5.74) is 1.18. The summed E-state index contributed by atoms with van der Waals surface area (Å²) in [6.07, 6.45) is 2.60. The highest BCUT2D eigenvalue weighted by atomic mass is 16.5. The zero-order chi connectivity index (χ0) is 13.7. The quantitative estimate of drug-likeness (QED) is 0.861. The van der Waals surface area contributed by atoms with E-state index in [-0.39, 0.29) is 6.04 Å². The van der Waals surface area contributed by atoms with Gasteiger partial charge in [-0.05, 0) is 32.0 Å². The van der Waals surface area contributed by atoms with Gasteiger partial charge in [-0.2, -0.15) is 0 Å². The van der Waals surface area contributed by atoms with Crippen LogP contribution in [0.25, 0.3) is 0 Å². The fraction of sp³-hybridized carbons (Fsp3) is 0.375. The van der Waals surface area contributed by atoms with E-state index in [2.05, 4.69) is 25.2 Å². The van der Waals surface area contributed by atoms with Crippen LogP contribution in [0.15, 0.2) is 47.1 Å². The van der Waals surface area contributed by atoms with Crippen molar-refractivity contribution in [3.05, 3.63) is 54.0 Å². The van der Waals surface area contributed by atoms with Gasteiger partial charge in [-0.3, -0.25) is 0 Å². The number of rotatable bonds is 6. The van der Waals surface area contributed by atoms with Gasteiger partial charge in [0, 0.05) is 24.1 Å². The fourth-order valence-corrected chi connectivity index (χ4v) is 2.33. The Bertz CT molecular complexity index is 493. The van der Waals surface area contributed by atoms with Gasteiger partial charge in [-0.1, -0.05) is 18.2 Å². The van der Waals surface area contributed by atoms with Crippen molar-refractivity contribution in [2.24, 2.45) is 0 Å². The first-order valence-corrected chi connectivity index (χ1v) is 6.62. The van der Waals surface area contributed by atoms with Crippen LogP contribution in [0.1, 0.15) is 31.2 Å². The lowest BCUT2D eigenvalue weighted by molar-refractivity contribution is 0.390. The molecule has 0 saturated carbocycles. The Morgan fingerprint density at radius 3 is 2.63 bits per heavy atom. The molecule has 0 saturated heterocycles. The van der Waals surface area contributed by atoms with Crippen molar-refractivity contribution >= 4 is 0 Å². The number of hydrogen-bond donors (Lipinski definition) is 1. The molecule has 102 valence electrons. The molecule has 0 radical (unpaired) electrons. The summed E-state index contributed by atoms with van der Waals surface area (Å²) in [7, 11) is 1.71. The summed E-state index contributed by atoms with van der Waals surface area (Å²) in [4.78, 5) is 0. The molecule has 0 bridgehead atoms. The molecule has 1 unspecified atom stereocenters. The minimum absolute atomic E-state index is 0.237. The Balaban J connectivity index is 1.98. The second kappa shape index (κ2) is 6.43. The number of hydrogen-bond acceptors (Lipinski definition) is 3. The predicted molar refractivity (Wildman–Crippen MR) is 76.4 cm³/mol. The van der Waals surface area contributed by atoms with Gasteiger partial charge >= 0.3 is 0 Å². The SMILES string of the molecule is COc1ccccc1[C@H](C)NC(C)Cc1ccco1. The molecule has 0 aliphatic heterocycles. The van der Waals surface area contributed by atoms with E-state index in [0.29, 0.717) is 6.04 Å². The summed E-state index contributed by atoms with van der Waals surface area (Å²) in [6.45, 7) is 4.31. The zero-order valence-corrected chi connectivity index (χ0v) is 11.7. The average Bonchev–Trinajstić information content (AvgIpc) is 2.91. The molecule has 0 aliphatic carbocycles. The topological polar surface area (TPSA) is 34.4 Å². The van der Waals surface area contributed by atoms with Crippen molar-refractivity contribution in [1.29, 1.82) is 0 Å². The van der Waals surface area contributed by atoms with E-state index in [1.807, 2.05) is 30.3 Å². The molecule has 19 heavy (non-hydrogen) atoms. The van der Waals surface area contributed by atoms with Gasteiger partial charge < -0.3 is 14.5 Å². The van der Waals surface area contributed by atoms with Crippen molar-refractivity contribution in [3.63, 3.8) is 0 Å². The van der Waals surface area contributed by atoms with Gasteiger partial charge in [0.05, 0.1) is 13.4 Å². The molecule has 2 atom stereocenters. The number of benzene rings is 1. The van der Waals surface area contributed by atoms with Gasteiger partial charge in [0.25, 0.3) is 0 Å². The molecule has 3 nitrogen and oxygen atoms in total. The van der Waals surface area contributed by atoms with Crippen LogP contribution in [0.4, 0.5) is 0 Å². The van der Waals surface area contributed by atoms with Gasteiger partial charge in [-0.15, -0.1) is 0 Å². The first kappa shape index (κ1) is 13.7. The summed E-state index contributed by atoms with van der Waals surface area (Å²) < 4.78 is 10.8. The van der Waals surface area contributed by atoms with Gasteiger partial charge in [0.1, 0.15) is 11.5 Å². The summed E-state index contributed by atoms with van der Waals surface area (Å²) in [5.74, 6) is 1.93. The molecule has 1 N–H and O–H groups in total. The van der Waals surface area contributed by atoms with Gasteiger partial charge in [-0.25, -0.2) is 0 Å². The van der Waals surface area contributed by atoms with Crippen molar-refractivity contribution in [3.8, 4) is 5.75 Å². The van der Waals surface area contributed by atoms with Crippen LogP contribution >= 0.6 is 0 Å². The number of ether oxygens (including phenoxy) is 1. The van der Waals surface area contributed by atoms with E-state index in [4.69, 9.17) is 9.15 Å². The normalized spacial score (nSPS) is 14.1. The van der Waals surface area contributed by atoms with E-state index < -0.39 is 0 Å². The van der Waals surface area contributed by atoms with E-state index in [1.54, 1.807) is 13.4 Å². The lowest BCUT2D eigenvalue weighted by Gasteiger charge is -2.21. The van der Waals surface area contributed by atoms with Gasteiger partial charge in [0.2, 0.25) is 0 Å². The van der Waals surface area contributed by atoms with E-state index in [9.17, 15) is 0 Å². The third-order valence-corrected chi connectivity index (χ3v) is 3.23. The maximum absolute atomic E-state index is 5.40. The molecular formula is C16H21NO2. The highest BCUT2D eigenvalue weighted by Gasteiger charge is 2.14. The van der Waals surface area contributed by atoms with Gasteiger partial charge in [0.15, 0.2) is 0 Å². The van der Waals surface area contributed by atoms with Crippen molar-refractivity contribution in [2.45, 2.75) is 32.4 Å². The smallest absolute Gasteiger partial charge is 0.123 e. The first-order valence-electron chi connectivity index (χ1n) is 6.62. The lowest BCUT2D eigenvalue weighted by Crippen LogP contribution is -2.30. The summed E-state index contributed by atoms with van der Waals surface area (Å²) in [6, 6.07) is 12.6. The van der Waals surface area contributed by atoms with Crippen molar-refractivity contribution in [1.82, 2.24) is 5.32 Å². The van der Waals surface area contributed by atoms with Crippen LogP contribution in [-0.2, 0) is 6.42 Å². The molecule has 1 heterocycles. The zero-order valence-electron chi connectivity index (χ0n) is 11.7. The Kier molecular flexibility index (Phi) is 4.63. The molecule has 2 aromatic rings. The molecule has 0 spiro atoms.